The average Bonchev–Trinajstić information content (AvgIpc) is 3.25. The highest BCUT2D eigenvalue weighted by molar-refractivity contribution is 6.09. The molecule has 0 spiro atoms. The number of methoxy groups -OCH3 is 1. The molecule has 2 aliphatic rings. The van der Waals surface area contributed by atoms with Gasteiger partial charge in [0.2, 0.25) is 5.91 Å². The van der Waals surface area contributed by atoms with E-state index in [1.807, 2.05) is 35.9 Å². The van der Waals surface area contributed by atoms with Crippen LogP contribution < -0.4 is 4.74 Å². The Morgan fingerprint density at radius 2 is 2.00 bits per heavy atom. The number of carbonyl (C=O) groups is 1. The predicted molar refractivity (Wildman–Crippen MR) is 125 cm³/mol. The summed E-state index contributed by atoms with van der Waals surface area (Å²) in [5, 5.41) is 0. The number of ether oxygens (including phenoxy) is 1. The molecule has 2 aromatic carbocycles. The van der Waals surface area contributed by atoms with Crippen molar-refractivity contribution in [3.63, 3.8) is 0 Å². The van der Waals surface area contributed by atoms with Crippen LogP contribution in [0.2, 0.25) is 0 Å². The lowest BCUT2D eigenvalue weighted by molar-refractivity contribution is -0.119. The smallest absolute Gasteiger partial charge is 0.250 e. The molecule has 0 bridgehead atoms. The largest absolute Gasteiger partial charge is 0.495 e. The molecular weight excluding hydrogens is 419 g/mol. The predicted octanol–water partition coefficient (Wildman–Crippen LogP) is 4.88. The maximum atomic E-state index is 13.4. The molecule has 1 amide bonds. The molecule has 1 fully saturated rings. The number of aryl methyl sites for hydroxylation is 1. The van der Waals surface area contributed by atoms with Gasteiger partial charge in [-0.15, -0.1) is 0 Å². The fourth-order valence-electron chi connectivity index (χ4n) is 4.59. The topological polar surface area (TPSA) is 59.7 Å². The van der Waals surface area contributed by atoms with Crippen LogP contribution in [0, 0.1) is 12.7 Å². The molecule has 0 N–H and O–H groups in total. The summed E-state index contributed by atoms with van der Waals surface area (Å²) in [4.78, 5) is 23.4. The van der Waals surface area contributed by atoms with Gasteiger partial charge in [0.15, 0.2) is 0 Å². The fourth-order valence-corrected chi connectivity index (χ4v) is 4.59. The Hall–Kier alpha value is -3.74. The standard InChI is InChI=1S/C26H25FN4O2/c1-17-15-30(16-28-17)22-10-5-18(13-24(22)33-2)12-20-4-3-11-31-23(14-25(32)29-26(20)31)19-6-8-21(27)9-7-19/h5-10,12-13,15-16,23H,3-4,11,14H2,1-2H3/b20-12-. The number of nitrogens with zero attached hydrogens (tertiary/aromatic N) is 4. The van der Waals surface area contributed by atoms with Crippen molar-refractivity contribution in [3.8, 4) is 11.4 Å². The van der Waals surface area contributed by atoms with Crippen molar-refractivity contribution in [2.75, 3.05) is 13.7 Å². The summed E-state index contributed by atoms with van der Waals surface area (Å²) in [6.07, 6.45) is 7.89. The van der Waals surface area contributed by atoms with Crippen molar-refractivity contribution in [2.45, 2.75) is 32.2 Å². The first-order valence-electron chi connectivity index (χ1n) is 11.1. The molecule has 6 nitrogen and oxygen atoms in total. The number of fused-ring (bicyclic) bond motifs is 1. The van der Waals surface area contributed by atoms with Gasteiger partial charge in [0.05, 0.1) is 37.3 Å². The molecule has 2 aliphatic heterocycles. The third-order valence-electron chi connectivity index (χ3n) is 6.17. The summed E-state index contributed by atoms with van der Waals surface area (Å²) in [5.74, 6) is 1.03. The monoisotopic (exact) mass is 444 g/mol. The van der Waals surface area contributed by atoms with Gasteiger partial charge in [-0.05, 0) is 66.8 Å². The van der Waals surface area contributed by atoms with E-state index in [1.165, 1.54) is 12.1 Å². The lowest BCUT2D eigenvalue weighted by atomic mass is 9.92. The minimum atomic E-state index is -0.280. The Labute approximate surface area is 192 Å². The molecule has 7 heteroatoms. The number of piperidine rings is 1. The minimum Gasteiger partial charge on any atom is -0.495 e. The second-order valence-corrected chi connectivity index (χ2v) is 8.42. The highest BCUT2D eigenvalue weighted by atomic mass is 19.1. The van der Waals surface area contributed by atoms with Gasteiger partial charge in [0.1, 0.15) is 17.4 Å². The number of halogens is 1. The van der Waals surface area contributed by atoms with Gasteiger partial charge in [0.25, 0.3) is 0 Å². The minimum absolute atomic E-state index is 0.129. The Balaban J connectivity index is 1.48. The molecule has 1 atom stereocenters. The molecule has 3 heterocycles. The van der Waals surface area contributed by atoms with Crippen LogP contribution in [0.1, 0.15) is 42.1 Å². The third-order valence-corrected chi connectivity index (χ3v) is 6.17. The summed E-state index contributed by atoms with van der Waals surface area (Å²) < 4.78 is 21.0. The van der Waals surface area contributed by atoms with E-state index in [0.717, 1.165) is 59.1 Å². The lowest BCUT2D eigenvalue weighted by Crippen LogP contribution is -2.44. The van der Waals surface area contributed by atoms with Gasteiger partial charge in [-0.3, -0.25) is 4.79 Å². The van der Waals surface area contributed by atoms with E-state index in [2.05, 4.69) is 21.0 Å². The first-order valence-corrected chi connectivity index (χ1v) is 11.1. The Bertz CT molecular complexity index is 1260. The number of hydrogen-bond donors (Lipinski definition) is 0. The van der Waals surface area contributed by atoms with Crippen LogP contribution in [0.4, 0.5) is 4.39 Å². The second kappa shape index (κ2) is 8.65. The number of imidazole rings is 1. The summed E-state index contributed by atoms with van der Waals surface area (Å²) in [7, 11) is 1.65. The number of carbonyl (C=O) groups excluding carboxylic acids is 1. The summed E-state index contributed by atoms with van der Waals surface area (Å²) in [6.45, 7) is 2.76. The van der Waals surface area contributed by atoms with Gasteiger partial charge in [-0.1, -0.05) is 18.2 Å². The number of aliphatic imine (C=N–C) groups is 1. The molecule has 3 aromatic rings. The summed E-state index contributed by atoms with van der Waals surface area (Å²) in [5.41, 5.74) is 4.77. The van der Waals surface area contributed by atoms with Crippen LogP contribution in [-0.2, 0) is 4.79 Å². The lowest BCUT2D eigenvalue weighted by Gasteiger charge is -2.40. The summed E-state index contributed by atoms with van der Waals surface area (Å²) in [6, 6.07) is 12.3. The molecule has 0 radical (unpaired) electrons. The van der Waals surface area contributed by atoms with E-state index < -0.39 is 0 Å². The van der Waals surface area contributed by atoms with Crippen molar-refractivity contribution in [1.29, 1.82) is 0 Å². The zero-order chi connectivity index (χ0) is 22.9. The second-order valence-electron chi connectivity index (χ2n) is 8.42. The Morgan fingerprint density at radius 1 is 1.18 bits per heavy atom. The first-order chi connectivity index (χ1) is 16.0. The number of benzene rings is 2. The molecule has 0 aliphatic carbocycles. The molecule has 33 heavy (non-hydrogen) atoms. The SMILES string of the molecule is COc1cc(/C=C2/CCCN3C2=NC(=O)CC3c2ccc(F)cc2)ccc1-n1cnc(C)c1. The van der Waals surface area contributed by atoms with Gasteiger partial charge in [-0.2, -0.15) is 4.99 Å². The van der Waals surface area contributed by atoms with Crippen LogP contribution in [0.5, 0.6) is 5.75 Å². The van der Waals surface area contributed by atoms with E-state index in [1.54, 1.807) is 25.6 Å². The van der Waals surface area contributed by atoms with Gasteiger partial charge < -0.3 is 14.2 Å². The number of rotatable bonds is 4. The van der Waals surface area contributed by atoms with E-state index in [0.29, 0.717) is 6.42 Å². The van der Waals surface area contributed by atoms with Crippen LogP contribution >= 0.6 is 0 Å². The number of amidine groups is 1. The van der Waals surface area contributed by atoms with Crippen molar-refractivity contribution >= 4 is 17.8 Å². The quantitative estimate of drug-likeness (QED) is 0.576. The molecular formula is C26H25FN4O2. The van der Waals surface area contributed by atoms with E-state index in [9.17, 15) is 9.18 Å². The van der Waals surface area contributed by atoms with Crippen LogP contribution in [-0.4, -0.2) is 39.8 Å². The van der Waals surface area contributed by atoms with Gasteiger partial charge in [-0.25, -0.2) is 9.37 Å². The highest BCUT2D eigenvalue weighted by Gasteiger charge is 2.34. The molecule has 1 saturated heterocycles. The maximum Gasteiger partial charge on any atom is 0.250 e. The van der Waals surface area contributed by atoms with E-state index in [-0.39, 0.29) is 17.8 Å². The zero-order valence-electron chi connectivity index (χ0n) is 18.7. The molecule has 0 saturated carbocycles. The normalized spacial score (nSPS) is 19.4. The van der Waals surface area contributed by atoms with Crippen LogP contribution in [0.15, 0.2) is 65.6 Å². The van der Waals surface area contributed by atoms with Crippen molar-refractivity contribution < 1.29 is 13.9 Å². The van der Waals surface area contributed by atoms with Crippen LogP contribution in [0.25, 0.3) is 11.8 Å². The Morgan fingerprint density at radius 3 is 2.73 bits per heavy atom. The third kappa shape index (κ3) is 4.18. The average molecular weight is 445 g/mol. The summed E-state index contributed by atoms with van der Waals surface area (Å²) >= 11 is 0. The number of aromatic nitrogens is 2. The maximum absolute atomic E-state index is 13.4. The Kier molecular flexibility index (Phi) is 5.54. The molecule has 1 aromatic heterocycles. The van der Waals surface area contributed by atoms with E-state index in [4.69, 9.17) is 4.74 Å². The molecule has 5 rings (SSSR count). The van der Waals surface area contributed by atoms with Crippen molar-refractivity contribution in [1.82, 2.24) is 14.5 Å². The van der Waals surface area contributed by atoms with Crippen molar-refractivity contribution in [2.24, 2.45) is 4.99 Å². The number of hydrogen-bond acceptors (Lipinski definition) is 4. The number of amides is 1. The highest BCUT2D eigenvalue weighted by Crippen LogP contribution is 2.35. The fraction of sp³-hybridized carbons (Fsp3) is 0.269. The zero-order valence-corrected chi connectivity index (χ0v) is 18.7. The molecule has 168 valence electrons. The molecule has 1 unspecified atom stereocenters. The van der Waals surface area contributed by atoms with Crippen LogP contribution in [0.3, 0.4) is 0 Å². The van der Waals surface area contributed by atoms with Gasteiger partial charge in [0, 0.05) is 12.7 Å². The van der Waals surface area contributed by atoms with Gasteiger partial charge >= 0.3 is 0 Å². The van der Waals surface area contributed by atoms with Crippen molar-refractivity contribution in [3.05, 3.63) is 83.2 Å². The van der Waals surface area contributed by atoms with E-state index >= 15 is 0 Å². The first kappa shape index (κ1) is 21.1.